The maximum Gasteiger partial charge on any atom is 0.251 e. The average molecular weight is 393 g/mol. The molecule has 1 amide bonds. The van der Waals surface area contributed by atoms with E-state index in [4.69, 9.17) is 10.3 Å². The summed E-state index contributed by atoms with van der Waals surface area (Å²) in [6, 6.07) is 7.52. The van der Waals surface area contributed by atoms with E-state index in [1.807, 2.05) is 18.2 Å². The van der Waals surface area contributed by atoms with E-state index in [9.17, 15) is 4.79 Å². The Morgan fingerprint density at radius 3 is 2.81 bits per heavy atom. The molecule has 1 aromatic carbocycles. The van der Waals surface area contributed by atoms with Gasteiger partial charge < -0.3 is 15.6 Å². The van der Waals surface area contributed by atoms with E-state index in [-0.39, 0.29) is 29.8 Å². The molecule has 1 fully saturated rings. The zero-order valence-corrected chi connectivity index (χ0v) is 17.0. The first-order chi connectivity index (χ1) is 12.4. The number of nitrogens with zero attached hydrogens (tertiary/aromatic N) is 2. The molecule has 2 aromatic rings. The largest absolute Gasteiger partial charge is 0.349 e. The predicted molar refractivity (Wildman–Crippen MR) is 108 cm³/mol. The Morgan fingerprint density at radius 1 is 1.33 bits per heavy atom. The van der Waals surface area contributed by atoms with Crippen molar-refractivity contribution in [1.82, 2.24) is 15.5 Å². The van der Waals surface area contributed by atoms with Crippen molar-refractivity contribution in [3.05, 3.63) is 35.7 Å². The summed E-state index contributed by atoms with van der Waals surface area (Å²) in [7, 11) is 0. The maximum absolute atomic E-state index is 12.6. The zero-order chi connectivity index (χ0) is 18.7. The van der Waals surface area contributed by atoms with E-state index in [0.717, 1.165) is 24.8 Å². The highest BCUT2D eigenvalue weighted by Gasteiger charge is 2.27. The summed E-state index contributed by atoms with van der Waals surface area (Å²) in [5, 5.41) is 7.19. The SMILES string of the molecule is CC(C)(C)Cc1nc(-c2cccc(C(=O)NC3CCCC3CN)c2)no1.Cl. The summed E-state index contributed by atoms with van der Waals surface area (Å²) in [5.74, 6) is 1.42. The van der Waals surface area contributed by atoms with Gasteiger partial charge in [-0.3, -0.25) is 4.79 Å². The molecule has 1 saturated carbocycles. The third-order valence-electron chi connectivity index (χ3n) is 4.81. The number of nitrogens with one attached hydrogen (secondary N) is 1. The van der Waals surface area contributed by atoms with Crippen LogP contribution in [0.1, 0.15) is 56.3 Å². The number of hydrogen-bond donors (Lipinski definition) is 2. The van der Waals surface area contributed by atoms with Gasteiger partial charge in [-0.25, -0.2) is 0 Å². The number of rotatable bonds is 5. The van der Waals surface area contributed by atoms with Gasteiger partial charge in [0.1, 0.15) is 0 Å². The molecule has 3 rings (SSSR count). The minimum atomic E-state index is -0.0735. The predicted octanol–water partition coefficient (Wildman–Crippen LogP) is 3.60. The first-order valence-electron chi connectivity index (χ1n) is 9.30. The first kappa shape index (κ1) is 21.4. The van der Waals surface area contributed by atoms with Crippen LogP contribution in [0.5, 0.6) is 0 Å². The van der Waals surface area contributed by atoms with E-state index >= 15 is 0 Å². The molecular formula is C20H29ClN4O2. The van der Waals surface area contributed by atoms with Crippen LogP contribution in [-0.4, -0.2) is 28.6 Å². The van der Waals surface area contributed by atoms with Gasteiger partial charge in [0, 0.05) is 23.6 Å². The minimum Gasteiger partial charge on any atom is -0.349 e. The molecule has 0 spiro atoms. The van der Waals surface area contributed by atoms with Gasteiger partial charge in [0.2, 0.25) is 11.7 Å². The second-order valence-corrected chi connectivity index (χ2v) is 8.34. The Kier molecular flexibility index (Phi) is 7.00. The molecule has 0 radical (unpaired) electrons. The van der Waals surface area contributed by atoms with Crippen LogP contribution in [0.4, 0.5) is 0 Å². The quantitative estimate of drug-likeness (QED) is 0.810. The van der Waals surface area contributed by atoms with E-state index in [2.05, 4.69) is 36.2 Å². The normalized spacial score (nSPS) is 19.6. The van der Waals surface area contributed by atoms with Gasteiger partial charge in [0.15, 0.2) is 0 Å². The molecule has 0 aliphatic heterocycles. The molecule has 27 heavy (non-hydrogen) atoms. The van der Waals surface area contributed by atoms with E-state index in [0.29, 0.717) is 36.2 Å². The Bertz CT molecular complexity index is 769. The molecule has 2 unspecified atom stereocenters. The lowest BCUT2D eigenvalue weighted by Crippen LogP contribution is -2.39. The van der Waals surface area contributed by atoms with Crippen molar-refractivity contribution in [2.45, 2.75) is 52.5 Å². The molecule has 3 N–H and O–H groups in total. The fourth-order valence-corrected chi connectivity index (χ4v) is 3.46. The lowest BCUT2D eigenvalue weighted by molar-refractivity contribution is 0.0929. The van der Waals surface area contributed by atoms with Gasteiger partial charge in [-0.2, -0.15) is 4.98 Å². The van der Waals surface area contributed by atoms with Gasteiger partial charge in [-0.15, -0.1) is 12.4 Å². The fraction of sp³-hybridized carbons (Fsp3) is 0.550. The summed E-state index contributed by atoms with van der Waals surface area (Å²) >= 11 is 0. The second kappa shape index (κ2) is 8.85. The molecule has 0 bridgehead atoms. The molecule has 148 valence electrons. The number of nitrogens with two attached hydrogens (primary N) is 1. The number of aromatic nitrogens is 2. The highest BCUT2D eigenvalue weighted by Crippen LogP contribution is 2.26. The highest BCUT2D eigenvalue weighted by atomic mass is 35.5. The van der Waals surface area contributed by atoms with Crippen molar-refractivity contribution in [2.24, 2.45) is 17.1 Å². The summed E-state index contributed by atoms with van der Waals surface area (Å²) in [4.78, 5) is 17.1. The molecule has 0 saturated heterocycles. The summed E-state index contributed by atoms with van der Waals surface area (Å²) in [5.41, 5.74) is 7.27. The standard InChI is InChI=1S/C20H28N4O2.ClH/c1-20(2,3)11-17-23-18(24-26-17)13-6-4-7-14(10-13)19(25)22-16-9-5-8-15(16)12-21;/h4,6-7,10,15-16H,5,8-9,11-12,21H2,1-3H3,(H,22,25);1H. The van der Waals surface area contributed by atoms with Crippen LogP contribution in [0, 0.1) is 11.3 Å². The van der Waals surface area contributed by atoms with Gasteiger partial charge in [-0.05, 0) is 42.9 Å². The van der Waals surface area contributed by atoms with Crippen molar-refractivity contribution in [1.29, 1.82) is 0 Å². The number of benzene rings is 1. The summed E-state index contributed by atoms with van der Waals surface area (Å²) in [6.45, 7) is 6.99. The molecule has 6 nitrogen and oxygen atoms in total. The van der Waals surface area contributed by atoms with Crippen LogP contribution >= 0.6 is 12.4 Å². The van der Waals surface area contributed by atoms with Crippen LogP contribution in [0.2, 0.25) is 0 Å². The van der Waals surface area contributed by atoms with Crippen LogP contribution in [0.25, 0.3) is 11.4 Å². The van der Waals surface area contributed by atoms with Crippen LogP contribution in [0.15, 0.2) is 28.8 Å². The van der Waals surface area contributed by atoms with E-state index < -0.39 is 0 Å². The zero-order valence-electron chi connectivity index (χ0n) is 16.2. The monoisotopic (exact) mass is 392 g/mol. The molecule has 1 aliphatic carbocycles. The molecule has 1 heterocycles. The van der Waals surface area contributed by atoms with Crippen molar-refractivity contribution >= 4 is 18.3 Å². The Hall–Kier alpha value is -1.92. The molecule has 1 aliphatic rings. The molecular weight excluding hydrogens is 364 g/mol. The number of carbonyl (C=O) groups excluding carboxylic acids is 1. The van der Waals surface area contributed by atoms with Crippen molar-refractivity contribution in [3.63, 3.8) is 0 Å². The van der Waals surface area contributed by atoms with Crippen molar-refractivity contribution in [2.75, 3.05) is 6.54 Å². The van der Waals surface area contributed by atoms with Crippen molar-refractivity contribution in [3.8, 4) is 11.4 Å². The fourth-order valence-electron chi connectivity index (χ4n) is 3.46. The Labute approximate surface area is 166 Å². The van der Waals surface area contributed by atoms with Gasteiger partial charge in [0.05, 0.1) is 0 Å². The van der Waals surface area contributed by atoms with Crippen LogP contribution in [0.3, 0.4) is 0 Å². The topological polar surface area (TPSA) is 94.0 Å². The van der Waals surface area contributed by atoms with Crippen LogP contribution < -0.4 is 11.1 Å². The Balaban J connectivity index is 0.00000261. The maximum atomic E-state index is 12.6. The van der Waals surface area contributed by atoms with Crippen LogP contribution in [-0.2, 0) is 6.42 Å². The highest BCUT2D eigenvalue weighted by molar-refractivity contribution is 5.95. The minimum absolute atomic E-state index is 0. The number of halogens is 1. The number of amides is 1. The first-order valence-corrected chi connectivity index (χ1v) is 9.30. The van der Waals surface area contributed by atoms with Gasteiger partial charge in [0.25, 0.3) is 5.91 Å². The smallest absolute Gasteiger partial charge is 0.251 e. The lowest BCUT2D eigenvalue weighted by Gasteiger charge is -2.19. The van der Waals surface area contributed by atoms with Gasteiger partial charge in [-0.1, -0.05) is 44.5 Å². The summed E-state index contributed by atoms with van der Waals surface area (Å²) < 4.78 is 5.36. The molecule has 1 aromatic heterocycles. The second-order valence-electron chi connectivity index (χ2n) is 8.34. The molecule has 2 atom stereocenters. The average Bonchev–Trinajstić information content (AvgIpc) is 3.22. The van der Waals surface area contributed by atoms with E-state index in [1.54, 1.807) is 6.07 Å². The third-order valence-corrected chi connectivity index (χ3v) is 4.81. The Morgan fingerprint density at radius 2 is 2.11 bits per heavy atom. The van der Waals surface area contributed by atoms with Crippen molar-refractivity contribution < 1.29 is 9.32 Å². The summed E-state index contributed by atoms with van der Waals surface area (Å²) in [6.07, 6.45) is 3.91. The number of carbonyl (C=O) groups is 1. The third kappa shape index (κ3) is 5.53. The van der Waals surface area contributed by atoms with E-state index in [1.165, 1.54) is 0 Å². The van der Waals surface area contributed by atoms with Gasteiger partial charge >= 0.3 is 0 Å². The number of hydrogen-bond acceptors (Lipinski definition) is 5. The molecule has 7 heteroatoms. The lowest BCUT2D eigenvalue weighted by atomic mass is 9.92.